The molecule has 1 saturated heterocycles. The second-order valence-corrected chi connectivity index (χ2v) is 14.4. The third kappa shape index (κ3) is 4.24. The van der Waals surface area contributed by atoms with Gasteiger partial charge >= 0.3 is 17.9 Å². The van der Waals surface area contributed by atoms with Crippen LogP contribution in [-0.4, -0.2) is 58.5 Å². The van der Waals surface area contributed by atoms with E-state index in [-0.39, 0.29) is 23.4 Å². The molecular formula is C33H44O9. The monoisotopic (exact) mass is 584 g/mol. The van der Waals surface area contributed by atoms with Crippen LogP contribution in [0.1, 0.15) is 87.5 Å². The number of rotatable bonds is 3. The lowest BCUT2D eigenvalue weighted by Gasteiger charge is -2.66. The highest BCUT2D eigenvalue weighted by atomic mass is 16.6. The van der Waals surface area contributed by atoms with E-state index < -0.39 is 69.9 Å². The highest BCUT2D eigenvalue weighted by molar-refractivity contribution is 5.98. The van der Waals surface area contributed by atoms with Gasteiger partial charge in [0.05, 0.1) is 5.60 Å². The molecule has 0 bridgehead atoms. The van der Waals surface area contributed by atoms with Crippen molar-refractivity contribution in [3.8, 4) is 0 Å². The van der Waals surface area contributed by atoms with Crippen LogP contribution >= 0.6 is 0 Å². The second-order valence-electron chi connectivity index (χ2n) is 14.4. The highest BCUT2D eigenvalue weighted by Crippen LogP contribution is 2.73. The topological polar surface area (TPSA) is 133 Å². The molecule has 0 aromatic carbocycles. The van der Waals surface area contributed by atoms with E-state index in [1.165, 1.54) is 13.8 Å². The van der Waals surface area contributed by atoms with E-state index in [1.54, 1.807) is 26.8 Å². The van der Waals surface area contributed by atoms with Gasteiger partial charge in [-0.25, -0.2) is 4.79 Å². The summed E-state index contributed by atoms with van der Waals surface area (Å²) in [6, 6.07) is 0. The number of allylic oxidation sites excluding steroid dienone is 2. The number of ether oxygens (including phenoxy) is 3. The quantitative estimate of drug-likeness (QED) is 0.296. The maximum Gasteiger partial charge on any atom is 0.334 e. The molecule has 0 radical (unpaired) electrons. The Morgan fingerprint density at radius 3 is 2.24 bits per heavy atom. The number of aliphatic hydroxyl groups is 1. The van der Waals surface area contributed by atoms with Crippen LogP contribution in [0, 0.1) is 39.9 Å². The van der Waals surface area contributed by atoms with Gasteiger partial charge < -0.3 is 19.3 Å². The minimum atomic E-state index is -1.20. The Labute approximate surface area is 247 Å². The van der Waals surface area contributed by atoms with Crippen molar-refractivity contribution in [1.29, 1.82) is 0 Å². The fourth-order valence-electron chi connectivity index (χ4n) is 9.71. The predicted octanol–water partition coefficient (Wildman–Crippen LogP) is 4.05. The van der Waals surface area contributed by atoms with E-state index in [0.717, 1.165) is 0 Å². The minimum Gasteiger partial charge on any atom is -0.458 e. The van der Waals surface area contributed by atoms with Crippen LogP contribution in [0.25, 0.3) is 0 Å². The lowest BCUT2D eigenvalue weighted by molar-refractivity contribution is -0.207. The van der Waals surface area contributed by atoms with Gasteiger partial charge in [-0.05, 0) is 80.3 Å². The molecule has 1 unspecified atom stereocenters. The van der Waals surface area contributed by atoms with Crippen LogP contribution in [0.2, 0.25) is 0 Å². The Morgan fingerprint density at radius 2 is 1.67 bits per heavy atom. The Bertz CT molecular complexity index is 1300. The van der Waals surface area contributed by atoms with Gasteiger partial charge in [-0.15, -0.1) is 0 Å². The maximum absolute atomic E-state index is 14.8. The smallest absolute Gasteiger partial charge is 0.334 e. The van der Waals surface area contributed by atoms with Crippen LogP contribution < -0.4 is 0 Å². The molecule has 3 saturated carbocycles. The molecule has 5 aliphatic rings. The predicted molar refractivity (Wildman–Crippen MR) is 151 cm³/mol. The van der Waals surface area contributed by atoms with E-state index in [0.29, 0.717) is 43.3 Å². The summed E-state index contributed by atoms with van der Waals surface area (Å²) in [6.07, 6.45) is 3.44. The molecule has 0 aromatic heterocycles. The van der Waals surface area contributed by atoms with E-state index in [9.17, 15) is 29.1 Å². The first-order valence-electron chi connectivity index (χ1n) is 15.2. The van der Waals surface area contributed by atoms with Gasteiger partial charge in [-0.3, -0.25) is 19.2 Å². The van der Waals surface area contributed by atoms with E-state index >= 15 is 0 Å². The Kier molecular flexibility index (Phi) is 7.19. The van der Waals surface area contributed by atoms with Gasteiger partial charge in [0.1, 0.15) is 12.2 Å². The van der Waals surface area contributed by atoms with E-state index in [1.807, 2.05) is 19.9 Å². The van der Waals surface area contributed by atoms with Crippen molar-refractivity contribution in [2.45, 2.75) is 111 Å². The number of hydrogen-bond acceptors (Lipinski definition) is 9. The molecule has 9 heteroatoms. The summed E-state index contributed by atoms with van der Waals surface area (Å²) in [5, 5.41) is 10.5. The number of carbonyl (C=O) groups is 5. The summed E-state index contributed by atoms with van der Waals surface area (Å²) in [7, 11) is 0. The van der Waals surface area contributed by atoms with Crippen molar-refractivity contribution < 1.29 is 43.3 Å². The Balaban J connectivity index is 1.66. The summed E-state index contributed by atoms with van der Waals surface area (Å²) in [5.41, 5.74) is -2.43. The molecule has 5 rings (SSSR count). The van der Waals surface area contributed by atoms with Crippen molar-refractivity contribution in [1.82, 2.24) is 0 Å². The zero-order valence-corrected chi connectivity index (χ0v) is 25.9. The van der Waals surface area contributed by atoms with Gasteiger partial charge in [0.15, 0.2) is 17.7 Å². The van der Waals surface area contributed by atoms with Crippen molar-refractivity contribution in [2.24, 2.45) is 39.9 Å². The standard InChI is InChI=1S/C33H44O9/c1-16-21(36)13-14-31(6)23-11-10-20-25(19-9-12-24(30(4,5)39)42-29(19)38)22(40-17(2)34)15-32(20,7)33(23,8)28(37)27(26(16)31)41-18(3)35/h13-14,16,20,22-24,26-27,39H,9-12,15H2,1-8H3/b25-19-/t16-,20+,22+,23+,24?,26-,27+,31-,32+,33-/m1/s1. The average Bonchev–Trinajstić information content (AvgIpc) is 3.16. The largest absolute Gasteiger partial charge is 0.458 e. The average molecular weight is 585 g/mol. The third-order valence-electron chi connectivity index (χ3n) is 11.8. The third-order valence-corrected chi connectivity index (χ3v) is 11.8. The summed E-state index contributed by atoms with van der Waals surface area (Å²) in [6.45, 7) is 13.7. The lowest BCUT2D eigenvalue weighted by atomic mass is 9.37. The zero-order valence-electron chi connectivity index (χ0n) is 25.9. The first-order chi connectivity index (χ1) is 19.4. The molecule has 0 spiro atoms. The van der Waals surface area contributed by atoms with Crippen LogP contribution in [0.5, 0.6) is 0 Å². The number of carbonyl (C=O) groups excluding carboxylic acids is 5. The number of esters is 3. The molecule has 4 fully saturated rings. The molecule has 10 atom stereocenters. The molecule has 9 nitrogen and oxygen atoms in total. The van der Waals surface area contributed by atoms with Gasteiger partial charge in [0.25, 0.3) is 0 Å². The molecule has 0 aromatic rings. The number of ketones is 2. The first-order valence-corrected chi connectivity index (χ1v) is 15.2. The van der Waals surface area contributed by atoms with Crippen molar-refractivity contribution in [3.05, 3.63) is 23.3 Å². The fourth-order valence-corrected chi connectivity index (χ4v) is 9.71. The number of hydrogen-bond donors (Lipinski definition) is 1. The maximum atomic E-state index is 14.8. The van der Waals surface area contributed by atoms with Gasteiger partial charge in [0, 0.05) is 36.7 Å². The zero-order chi connectivity index (χ0) is 31.2. The molecular weight excluding hydrogens is 540 g/mol. The van der Waals surface area contributed by atoms with Gasteiger partial charge in [-0.2, -0.15) is 0 Å². The highest BCUT2D eigenvalue weighted by Gasteiger charge is 2.74. The van der Waals surface area contributed by atoms with E-state index in [4.69, 9.17) is 14.2 Å². The van der Waals surface area contributed by atoms with Crippen molar-refractivity contribution >= 4 is 29.5 Å². The van der Waals surface area contributed by atoms with Crippen molar-refractivity contribution in [3.63, 3.8) is 0 Å². The Hall–Kier alpha value is -2.81. The van der Waals surface area contributed by atoms with Crippen molar-refractivity contribution in [2.75, 3.05) is 0 Å². The van der Waals surface area contributed by atoms with Gasteiger partial charge in [-0.1, -0.05) is 33.8 Å². The fraction of sp³-hybridized carbons (Fsp3) is 0.727. The molecule has 230 valence electrons. The normalized spacial score (nSPS) is 45.0. The Morgan fingerprint density at radius 1 is 1.02 bits per heavy atom. The molecule has 1 aliphatic heterocycles. The number of Topliss-reactive ketones (excluding diaryl/α,β-unsaturated/α-hetero) is 1. The molecule has 42 heavy (non-hydrogen) atoms. The summed E-state index contributed by atoms with van der Waals surface area (Å²) >= 11 is 0. The van der Waals surface area contributed by atoms with Gasteiger partial charge in [0.2, 0.25) is 0 Å². The molecule has 4 aliphatic carbocycles. The minimum absolute atomic E-state index is 0.0890. The summed E-state index contributed by atoms with van der Waals surface area (Å²) in [5.74, 6) is -3.34. The number of fused-ring (bicyclic) bond motifs is 5. The molecule has 1 heterocycles. The first kappa shape index (κ1) is 30.6. The molecule has 1 N–H and O–H groups in total. The SMILES string of the molecule is CC(=O)O[C@H]1C[C@@]2(C)[C@@H](CC[C@H]3[C@@]4(C)C=CC(=O)[C@@H](C)[C@@H]4[C@H](OC(C)=O)C(=O)[C@@]32C)/C1=C1\CCC(C(C)(C)O)OC1=O. The summed E-state index contributed by atoms with van der Waals surface area (Å²) in [4.78, 5) is 65.8. The van der Waals surface area contributed by atoms with E-state index in [2.05, 4.69) is 6.92 Å². The molecule has 0 amide bonds. The number of cyclic esters (lactones) is 1. The van der Waals surface area contributed by atoms with Crippen LogP contribution in [0.15, 0.2) is 23.3 Å². The van der Waals surface area contributed by atoms with Crippen LogP contribution in [-0.2, 0) is 38.2 Å². The van der Waals surface area contributed by atoms with Crippen LogP contribution in [0.4, 0.5) is 0 Å². The summed E-state index contributed by atoms with van der Waals surface area (Å²) < 4.78 is 17.4. The lowest BCUT2D eigenvalue weighted by Crippen LogP contribution is -2.69. The van der Waals surface area contributed by atoms with Crippen LogP contribution in [0.3, 0.4) is 0 Å². The second kappa shape index (κ2) is 9.86.